The molecule has 0 aliphatic heterocycles. The zero-order valence-corrected chi connectivity index (χ0v) is 16.4. The topological polar surface area (TPSA) is 99.5 Å². The normalized spacial score (nSPS) is 10.1. The first-order chi connectivity index (χ1) is 14.5. The van der Waals surface area contributed by atoms with Gasteiger partial charge in [-0.25, -0.2) is 10.2 Å². The van der Waals surface area contributed by atoms with E-state index in [-0.39, 0.29) is 5.56 Å². The van der Waals surface area contributed by atoms with Crippen LogP contribution in [0.3, 0.4) is 0 Å². The molecule has 0 saturated carbocycles. The van der Waals surface area contributed by atoms with Crippen LogP contribution in [-0.4, -0.2) is 17.4 Å². The van der Waals surface area contributed by atoms with Crippen molar-refractivity contribution in [1.29, 1.82) is 0 Å². The van der Waals surface area contributed by atoms with E-state index >= 15 is 0 Å². The van der Waals surface area contributed by atoms with Gasteiger partial charge in [-0.1, -0.05) is 18.2 Å². The highest BCUT2D eigenvalue weighted by Gasteiger charge is 2.11. The lowest BCUT2D eigenvalue weighted by atomic mass is 10.2. The Morgan fingerprint density at radius 3 is 2.20 bits per heavy atom. The first-order valence-electron chi connectivity index (χ1n) is 8.79. The SMILES string of the molecule is NN(C=O)c1cccc(NC(=S)Nc2ccc(NC(=O)c3ccccc3F)cc2)c1. The number of benzene rings is 3. The lowest BCUT2D eigenvalue weighted by Crippen LogP contribution is -2.28. The average molecular weight is 423 g/mol. The van der Waals surface area contributed by atoms with Crippen molar-refractivity contribution in [3.05, 3.63) is 84.2 Å². The number of halogens is 1. The van der Waals surface area contributed by atoms with Crippen LogP contribution in [0.2, 0.25) is 0 Å². The van der Waals surface area contributed by atoms with Gasteiger partial charge in [-0.15, -0.1) is 0 Å². The molecule has 3 aromatic carbocycles. The molecule has 7 nitrogen and oxygen atoms in total. The fourth-order valence-electron chi connectivity index (χ4n) is 2.58. The molecule has 0 saturated heterocycles. The summed E-state index contributed by atoms with van der Waals surface area (Å²) in [5, 5.41) is 9.92. The molecule has 3 rings (SSSR count). The smallest absolute Gasteiger partial charge is 0.258 e. The number of nitrogens with two attached hydrogens (primary N) is 1. The van der Waals surface area contributed by atoms with E-state index in [9.17, 15) is 14.0 Å². The number of thiocarbonyl (C=S) groups is 1. The van der Waals surface area contributed by atoms with E-state index in [1.807, 2.05) is 0 Å². The molecular weight excluding hydrogens is 405 g/mol. The molecule has 30 heavy (non-hydrogen) atoms. The second-order valence-electron chi connectivity index (χ2n) is 6.15. The number of hydrogen-bond acceptors (Lipinski definition) is 4. The number of rotatable bonds is 6. The van der Waals surface area contributed by atoms with E-state index in [0.717, 1.165) is 5.01 Å². The summed E-state index contributed by atoms with van der Waals surface area (Å²) in [5.41, 5.74) is 2.32. The standard InChI is InChI=1S/C21H18FN5O2S/c22-19-7-2-1-6-18(19)20(29)24-14-8-10-15(11-9-14)25-21(30)26-16-4-3-5-17(12-16)27(23)13-28/h1-13H,23H2,(H,24,29)(H2,25,26,30). The third-order valence-corrected chi connectivity index (χ3v) is 4.24. The summed E-state index contributed by atoms with van der Waals surface area (Å²) in [6.45, 7) is 0. The van der Waals surface area contributed by atoms with Gasteiger partial charge in [0.15, 0.2) is 5.11 Å². The van der Waals surface area contributed by atoms with Crippen LogP contribution in [0.4, 0.5) is 27.1 Å². The van der Waals surface area contributed by atoms with Crippen LogP contribution < -0.4 is 26.8 Å². The minimum atomic E-state index is -0.584. The number of anilines is 4. The monoisotopic (exact) mass is 423 g/mol. The van der Waals surface area contributed by atoms with Gasteiger partial charge in [0, 0.05) is 17.1 Å². The first-order valence-corrected chi connectivity index (χ1v) is 9.20. The molecular formula is C21H18FN5O2S. The zero-order chi connectivity index (χ0) is 21.5. The second kappa shape index (κ2) is 9.59. The molecule has 0 aromatic heterocycles. The minimum absolute atomic E-state index is 0.0297. The van der Waals surface area contributed by atoms with Crippen molar-refractivity contribution in [2.45, 2.75) is 0 Å². The number of amides is 2. The second-order valence-corrected chi connectivity index (χ2v) is 6.56. The number of nitrogens with one attached hydrogen (secondary N) is 3. The third kappa shape index (κ3) is 5.37. The van der Waals surface area contributed by atoms with Crippen LogP contribution >= 0.6 is 12.2 Å². The van der Waals surface area contributed by atoms with Gasteiger partial charge in [-0.2, -0.15) is 0 Å². The van der Waals surface area contributed by atoms with E-state index < -0.39 is 11.7 Å². The molecule has 0 heterocycles. The molecule has 3 aromatic rings. The van der Waals surface area contributed by atoms with Crippen LogP contribution in [0.5, 0.6) is 0 Å². The van der Waals surface area contributed by atoms with Crippen LogP contribution in [0.1, 0.15) is 10.4 Å². The van der Waals surface area contributed by atoms with E-state index in [2.05, 4.69) is 16.0 Å². The Morgan fingerprint density at radius 1 is 0.900 bits per heavy atom. The molecule has 152 valence electrons. The van der Waals surface area contributed by atoms with Gasteiger partial charge in [-0.3, -0.25) is 14.6 Å². The maximum atomic E-state index is 13.7. The highest BCUT2D eigenvalue weighted by molar-refractivity contribution is 7.80. The van der Waals surface area contributed by atoms with Crippen molar-refractivity contribution >= 4 is 52.4 Å². The maximum Gasteiger partial charge on any atom is 0.258 e. The maximum absolute atomic E-state index is 13.7. The summed E-state index contributed by atoms with van der Waals surface area (Å²) in [6, 6.07) is 19.4. The Labute approximate surface area is 177 Å². The lowest BCUT2D eigenvalue weighted by molar-refractivity contribution is -0.107. The lowest BCUT2D eigenvalue weighted by Gasteiger charge is -2.14. The molecule has 0 aliphatic rings. The summed E-state index contributed by atoms with van der Waals surface area (Å²) in [5.74, 6) is 4.43. The summed E-state index contributed by atoms with van der Waals surface area (Å²) >= 11 is 5.29. The van der Waals surface area contributed by atoms with Crippen molar-refractivity contribution in [2.24, 2.45) is 5.84 Å². The zero-order valence-electron chi connectivity index (χ0n) is 15.6. The molecule has 0 radical (unpaired) electrons. The molecule has 0 bridgehead atoms. The molecule has 2 amide bonds. The van der Waals surface area contributed by atoms with Crippen LogP contribution in [0, 0.1) is 5.82 Å². The number of carbonyl (C=O) groups is 2. The number of hydrazine groups is 1. The molecule has 0 aliphatic carbocycles. The van der Waals surface area contributed by atoms with Crippen molar-refractivity contribution in [1.82, 2.24) is 0 Å². The third-order valence-electron chi connectivity index (χ3n) is 4.03. The van der Waals surface area contributed by atoms with Gasteiger partial charge in [0.05, 0.1) is 11.3 Å². The molecule has 0 atom stereocenters. The fraction of sp³-hybridized carbons (Fsp3) is 0. The largest absolute Gasteiger partial charge is 0.332 e. The Hall–Kier alpha value is -3.82. The van der Waals surface area contributed by atoms with Gasteiger partial charge < -0.3 is 16.0 Å². The number of hydrogen-bond donors (Lipinski definition) is 4. The summed E-state index contributed by atoms with van der Waals surface area (Å²) < 4.78 is 13.7. The molecule has 0 fully saturated rings. The van der Waals surface area contributed by atoms with Gasteiger partial charge in [0.1, 0.15) is 5.82 Å². The summed E-state index contributed by atoms with van der Waals surface area (Å²) in [7, 11) is 0. The van der Waals surface area contributed by atoms with Crippen molar-refractivity contribution in [2.75, 3.05) is 21.0 Å². The molecule has 5 N–H and O–H groups in total. The Kier molecular flexibility index (Phi) is 6.68. The fourth-order valence-corrected chi connectivity index (χ4v) is 2.81. The Bertz CT molecular complexity index is 1080. The Balaban J connectivity index is 1.59. The van der Waals surface area contributed by atoms with E-state index in [1.165, 1.54) is 18.2 Å². The molecule has 9 heteroatoms. The number of nitrogens with zero attached hydrogens (tertiary/aromatic N) is 1. The van der Waals surface area contributed by atoms with Crippen molar-refractivity contribution in [3.63, 3.8) is 0 Å². The number of carbonyl (C=O) groups excluding carboxylic acids is 2. The first kappa shape index (κ1) is 20.9. The van der Waals surface area contributed by atoms with Crippen LogP contribution in [0.25, 0.3) is 0 Å². The van der Waals surface area contributed by atoms with Crippen molar-refractivity contribution in [3.8, 4) is 0 Å². The van der Waals surface area contributed by atoms with Crippen LogP contribution in [0.15, 0.2) is 72.8 Å². The van der Waals surface area contributed by atoms with E-state index in [4.69, 9.17) is 18.1 Å². The molecule has 0 spiro atoms. The van der Waals surface area contributed by atoms with Gasteiger partial charge in [0.2, 0.25) is 6.41 Å². The van der Waals surface area contributed by atoms with E-state index in [1.54, 1.807) is 54.6 Å². The van der Waals surface area contributed by atoms with Gasteiger partial charge in [-0.05, 0) is 66.8 Å². The van der Waals surface area contributed by atoms with Crippen molar-refractivity contribution < 1.29 is 14.0 Å². The van der Waals surface area contributed by atoms with Gasteiger partial charge >= 0.3 is 0 Å². The molecule has 0 unspecified atom stereocenters. The summed E-state index contributed by atoms with van der Waals surface area (Å²) in [6.07, 6.45) is 0.502. The predicted octanol–water partition coefficient (Wildman–Crippen LogP) is 3.72. The highest BCUT2D eigenvalue weighted by atomic mass is 32.1. The average Bonchev–Trinajstić information content (AvgIpc) is 2.75. The quantitative estimate of drug-likeness (QED) is 0.159. The Morgan fingerprint density at radius 2 is 1.53 bits per heavy atom. The predicted molar refractivity (Wildman–Crippen MR) is 120 cm³/mol. The van der Waals surface area contributed by atoms with E-state index in [0.29, 0.717) is 34.3 Å². The summed E-state index contributed by atoms with van der Waals surface area (Å²) in [4.78, 5) is 22.9. The van der Waals surface area contributed by atoms with Crippen LogP contribution in [-0.2, 0) is 4.79 Å². The highest BCUT2D eigenvalue weighted by Crippen LogP contribution is 2.18. The minimum Gasteiger partial charge on any atom is -0.332 e. The van der Waals surface area contributed by atoms with Gasteiger partial charge in [0.25, 0.3) is 5.91 Å².